The molecule has 0 atom stereocenters. The lowest BCUT2D eigenvalue weighted by Gasteiger charge is -2.34. The zero-order chi connectivity index (χ0) is 24.0. The van der Waals surface area contributed by atoms with Gasteiger partial charge in [-0.15, -0.1) is 5.10 Å². The van der Waals surface area contributed by atoms with Crippen molar-refractivity contribution < 1.29 is 9.18 Å². The Hall–Kier alpha value is -3.53. The Labute approximate surface area is 196 Å². The second kappa shape index (κ2) is 8.68. The van der Waals surface area contributed by atoms with Gasteiger partial charge in [0.1, 0.15) is 16.9 Å². The van der Waals surface area contributed by atoms with Crippen LogP contribution in [0.5, 0.6) is 0 Å². The van der Waals surface area contributed by atoms with Gasteiger partial charge in [0, 0.05) is 43.8 Å². The van der Waals surface area contributed by atoms with Gasteiger partial charge in [0.15, 0.2) is 5.82 Å². The molecule has 0 spiro atoms. The van der Waals surface area contributed by atoms with Crippen molar-refractivity contribution in [1.29, 1.82) is 0 Å². The zero-order valence-electron chi connectivity index (χ0n) is 19.9. The largest absolute Gasteiger partial charge is 0.371 e. The van der Waals surface area contributed by atoms with Gasteiger partial charge in [-0.2, -0.15) is 5.10 Å². The summed E-state index contributed by atoms with van der Waals surface area (Å²) in [6, 6.07) is 3.68. The number of piperidine rings is 1. The SMILES string of the molecule is CCNC1CCN(c2cc(F)c(C(=O)Nc3cc4c(C)nc(C)cn4n3)c3nn(C)cc23)CC1. The Kier molecular flexibility index (Phi) is 5.68. The normalized spacial score (nSPS) is 14.9. The number of fused-ring (bicyclic) bond motifs is 2. The minimum Gasteiger partial charge on any atom is -0.371 e. The van der Waals surface area contributed by atoms with Crippen LogP contribution in [0.15, 0.2) is 24.5 Å². The first kappa shape index (κ1) is 22.3. The number of amides is 1. The van der Waals surface area contributed by atoms with Crippen molar-refractivity contribution in [2.75, 3.05) is 29.9 Å². The van der Waals surface area contributed by atoms with Gasteiger partial charge >= 0.3 is 0 Å². The van der Waals surface area contributed by atoms with E-state index in [1.807, 2.05) is 20.0 Å². The molecular weight excluding hydrogens is 435 g/mol. The first-order valence-electron chi connectivity index (χ1n) is 11.6. The number of anilines is 2. The second-order valence-corrected chi connectivity index (χ2v) is 8.92. The molecule has 3 aromatic heterocycles. The maximum Gasteiger partial charge on any atom is 0.262 e. The summed E-state index contributed by atoms with van der Waals surface area (Å²) in [6.07, 6.45) is 5.60. The molecular formula is C24H29FN8O. The van der Waals surface area contributed by atoms with E-state index >= 15 is 4.39 Å². The molecule has 9 nitrogen and oxygen atoms in total. The predicted molar refractivity (Wildman–Crippen MR) is 130 cm³/mol. The van der Waals surface area contributed by atoms with E-state index in [0.717, 1.165) is 60.5 Å². The minimum absolute atomic E-state index is 0.0787. The van der Waals surface area contributed by atoms with Crippen molar-refractivity contribution in [3.8, 4) is 0 Å². The number of nitrogens with one attached hydrogen (secondary N) is 2. The number of rotatable bonds is 5. The molecule has 0 saturated carbocycles. The van der Waals surface area contributed by atoms with Crippen molar-refractivity contribution in [3.05, 3.63) is 47.3 Å². The molecule has 1 fully saturated rings. The number of aryl methyl sites for hydroxylation is 3. The first-order chi connectivity index (χ1) is 16.3. The number of hydrogen-bond acceptors (Lipinski definition) is 6. The molecule has 1 aliphatic rings. The fourth-order valence-electron chi connectivity index (χ4n) is 4.87. The summed E-state index contributed by atoms with van der Waals surface area (Å²) in [5.74, 6) is -0.840. The Morgan fingerprint density at radius 1 is 1.18 bits per heavy atom. The Morgan fingerprint density at radius 3 is 2.68 bits per heavy atom. The van der Waals surface area contributed by atoms with Gasteiger partial charge in [-0.05, 0) is 39.3 Å². The molecule has 34 heavy (non-hydrogen) atoms. The number of carbonyl (C=O) groups is 1. The zero-order valence-corrected chi connectivity index (χ0v) is 19.9. The molecule has 0 unspecified atom stereocenters. The summed E-state index contributed by atoms with van der Waals surface area (Å²) in [6.45, 7) is 8.45. The molecule has 4 heterocycles. The lowest BCUT2D eigenvalue weighted by Crippen LogP contribution is -2.42. The van der Waals surface area contributed by atoms with E-state index in [4.69, 9.17) is 0 Å². The third kappa shape index (κ3) is 3.98. The molecule has 2 N–H and O–H groups in total. The van der Waals surface area contributed by atoms with Gasteiger partial charge in [0.2, 0.25) is 0 Å². The highest BCUT2D eigenvalue weighted by atomic mass is 19.1. The molecule has 4 aromatic rings. The van der Waals surface area contributed by atoms with E-state index in [1.54, 1.807) is 28.5 Å². The van der Waals surface area contributed by atoms with E-state index in [0.29, 0.717) is 17.4 Å². The van der Waals surface area contributed by atoms with Crippen molar-refractivity contribution >= 4 is 33.8 Å². The number of carbonyl (C=O) groups excluding carboxylic acids is 1. The molecule has 5 rings (SSSR count). The standard InChI is InChI=1S/C24H29FN8O/c1-5-26-16-6-8-32(9-7-16)20-10-18(25)22(23-17(20)13-31(4)30-23)24(34)28-21-11-19-15(3)27-14(2)12-33(19)29-21/h10-13,16,26H,5-9H2,1-4H3,(H,28,29,34). The summed E-state index contributed by atoms with van der Waals surface area (Å²) in [4.78, 5) is 19.8. The van der Waals surface area contributed by atoms with Crippen LogP contribution in [-0.2, 0) is 7.05 Å². The fourth-order valence-corrected chi connectivity index (χ4v) is 4.87. The highest BCUT2D eigenvalue weighted by Crippen LogP contribution is 2.33. The fraction of sp³-hybridized carbons (Fsp3) is 0.417. The topological polar surface area (TPSA) is 92.4 Å². The average molecular weight is 465 g/mol. The summed E-state index contributed by atoms with van der Waals surface area (Å²) in [5, 5.41) is 15.9. The van der Waals surface area contributed by atoms with Crippen LogP contribution in [0, 0.1) is 19.7 Å². The summed E-state index contributed by atoms with van der Waals surface area (Å²) >= 11 is 0. The van der Waals surface area contributed by atoms with Crippen LogP contribution in [0.4, 0.5) is 15.9 Å². The highest BCUT2D eigenvalue weighted by Gasteiger charge is 2.26. The van der Waals surface area contributed by atoms with Crippen LogP contribution < -0.4 is 15.5 Å². The molecule has 1 aromatic carbocycles. The molecule has 1 amide bonds. The third-order valence-electron chi connectivity index (χ3n) is 6.40. The van der Waals surface area contributed by atoms with Crippen molar-refractivity contribution in [2.24, 2.45) is 7.05 Å². The van der Waals surface area contributed by atoms with E-state index in [2.05, 4.69) is 37.6 Å². The Morgan fingerprint density at radius 2 is 1.94 bits per heavy atom. The van der Waals surface area contributed by atoms with Crippen molar-refractivity contribution in [3.63, 3.8) is 0 Å². The molecule has 0 radical (unpaired) electrons. The monoisotopic (exact) mass is 464 g/mol. The van der Waals surface area contributed by atoms with Crippen LogP contribution in [0.1, 0.15) is 41.5 Å². The molecule has 178 valence electrons. The van der Waals surface area contributed by atoms with Crippen molar-refractivity contribution in [2.45, 2.75) is 39.7 Å². The van der Waals surface area contributed by atoms with E-state index < -0.39 is 11.7 Å². The number of nitrogens with zero attached hydrogens (tertiary/aromatic N) is 6. The second-order valence-electron chi connectivity index (χ2n) is 8.92. The van der Waals surface area contributed by atoms with Gasteiger partial charge in [-0.3, -0.25) is 14.5 Å². The molecule has 0 aliphatic carbocycles. The van der Waals surface area contributed by atoms with Crippen LogP contribution in [-0.4, -0.2) is 56.0 Å². The van der Waals surface area contributed by atoms with Gasteiger partial charge in [0.25, 0.3) is 5.91 Å². The number of halogens is 1. The summed E-state index contributed by atoms with van der Waals surface area (Å²) in [7, 11) is 1.78. The molecule has 1 saturated heterocycles. The number of benzene rings is 1. The Bertz CT molecular complexity index is 1380. The number of hydrogen-bond donors (Lipinski definition) is 2. The highest BCUT2D eigenvalue weighted by molar-refractivity contribution is 6.14. The predicted octanol–water partition coefficient (Wildman–Crippen LogP) is 3.20. The van der Waals surface area contributed by atoms with E-state index in [-0.39, 0.29) is 5.56 Å². The average Bonchev–Trinajstić information content (AvgIpc) is 3.36. The minimum atomic E-state index is -0.593. The molecule has 10 heteroatoms. The van der Waals surface area contributed by atoms with Gasteiger partial charge in [0.05, 0.1) is 28.8 Å². The van der Waals surface area contributed by atoms with Gasteiger partial charge in [-0.1, -0.05) is 6.92 Å². The van der Waals surface area contributed by atoms with Crippen LogP contribution in [0.3, 0.4) is 0 Å². The first-order valence-corrected chi connectivity index (χ1v) is 11.6. The van der Waals surface area contributed by atoms with E-state index in [1.165, 1.54) is 6.07 Å². The third-order valence-corrected chi connectivity index (χ3v) is 6.40. The smallest absolute Gasteiger partial charge is 0.262 e. The van der Waals surface area contributed by atoms with Crippen molar-refractivity contribution in [1.82, 2.24) is 29.7 Å². The van der Waals surface area contributed by atoms with Crippen LogP contribution in [0.25, 0.3) is 16.4 Å². The van der Waals surface area contributed by atoms with E-state index in [9.17, 15) is 4.79 Å². The van der Waals surface area contributed by atoms with Gasteiger partial charge in [-0.25, -0.2) is 8.91 Å². The lowest BCUT2D eigenvalue weighted by atomic mass is 10.0. The number of aromatic nitrogens is 5. The Balaban J connectivity index is 1.47. The maximum absolute atomic E-state index is 15.4. The lowest BCUT2D eigenvalue weighted by molar-refractivity contribution is 0.102. The quantitative estimate of drug-likeness (QED) is 0.471. The van der Waals surface area contributed by atoms with Crippen LogP contribution >= 0.6 is 0 Å². The molecule has 1 aliphatic heterocycles. The van der Waals surface area contributed by atoms with Crippen LogP contribution in [0.2, 0.25) is 0 Å². The summed E-state index contributed by atoms with van der Waals surface area (Å²) < 4.78 is 18.7. The molecule has 0 bridgehead atoms. The van der Waals surface area contributed by atoms with Gasteiger partial charge < -0.3 is 15.5 Å². The maximum atomic E-state index is 15.4. The summed E-state index contributed by atoms with van der Waals surface area (Å²) in [5.41, 5.74) is 3.44.